The van der Waals surface area contributed by atoms with Crippen LogP contribution in [0.4, 0.5) is 17.1 Å². The van der Waals surface area contributed by atoms with Crippen molar-refractivity contribution in [3.8, 4) is 0 Å². The SMILES string of the molecule is O=S(=O)(F)N(CCc1cccc(Cc2ccccc2C(F)(F)F)c1)Cc1cncnc1. The normalized spacial score (nSPS) is 12.3. The molecule has 5 nitrogen and oxygen atoms in total. The van der Waals surface area contributed by atoms with Crippen LogP contribution in [0, 0.1) is 0 Å². The number of hydrogen-bond donors (Lipinski definition) is 0. The fourth-order valence-corrected chi connectivity index (χ4v) is 3.81. The molecule has 0 radical (unpaired) electrons. The van der Waals surface area contributed by atoms with Gasteiger partial charge in [-0.25, -0.2) is 9.97 Å². The highest BCUT2D eigenvalue weighted by Crippen LogP contribution is 2.32. The molecule has 3 rings (SSSR count). The molecule has 0 aliphatic rings. The van der Waals surface area contributed by atoms with E-state index in [1.807, 2.05) is 0 Å². The summed E-state index contributed by atoms with van der Waals surface area (Å²) >= 11 is 0. The van der Waals surface area contributed by atoms with E-state index in [0.717, 1.165) is 6.07 Å². The molecule has 0 spiro atoms. The molecule has 0 aliphatic carbocycles. The third-order valence-electron chi connectivity index (χ3n) is 4.64. The zero-order chi connectivity index (χ0) is 22.5. The van der Waals surface area contributed by atoms with Gasteiger partial charge in [0.2, 0.25) is 0 Å². The van der Waals surface area contributed by atoms with Crippen molar-refractivity contribution in [2.45, 2.75) is 25.6 Å². The Kier molecular flexibility index (Phi) is 7.01. The van der Waals surface area contributed by atoms with Crippen LogP contribution in [-0.2, 0) is 36.0 Å². The van der Waals surface area contributed by atoms with Crippen LogP contribution < -0.4 is 0 Å². The summed E-state index contributed by atoms with van der Waals surface area (Å²) in [6, 6.07) is 12.1. The number of rotatable bonds is 8. The van der Waals surface area contributed by atoms with Gasteiger partial charge < -0.3 is 0 Å². The minimum atomic E-state index is -4.96. The van der Waals surface area contributed by atoms with Crippen LogP contribution >= 0.6 is 0 Å². The van der Waals surface area contributed by atoms with Crippen molar-refractivity contribution in [2.75, 3.05) is 6.54 Å². The highest BCUT2D eigenvalue weighted by Gasteiger charge is 2.32. The number of alkyl halides is 3. The van der Waals surface area contributed by atoms with Crippen LogP contribution in [-0.4, -0.2) is 29.2 Å². The lowest BCUT2D eigenvalue weighted by Gasteiger charge is -2.17. The first kappa shape index (κ1) is 22.8. The maximum atomic E-state index is 13.7. The van der Waals surface area contributed by atoms with E-state index in [1.165, 1.54) is 30.9 Å². The Balaban J connectivity index is 1.73. The summed E-state index contributed by atoms with van der Waals surface area (Å²) in [5.41, 5.74) is 1.20. The molecule has 1 aromatic heterocycles. The van der Waals surface area contributed by atoms with E-state index >= 15 is 0 Å². The first-order valence-electron chi connectivity index (χ1n) is 9.29. The van der Waals surface area contributed by atoms with Crippen LogP contribution in [0.5, 0.6) is 0 Å². The molecule has 3 aromatic rings. The Bertz CT molecular complexity index is 1120. The number of benzene rings is 2. The second-order valence-corrected chi connectivity index (χ2v) is 8.26. The topological polar surface area (TPSA) is 63.2 Å². The molecule has 0 aliphatic heterocycles. The van der Waals surface area contributed by atoms with Crippen molar-refractivity contribution in [2.24, 2.45) is 0 Å². The Hall–Kier alpha value is -2.85. The van der Waals surface area contributed by atoms with Crippen molar-refractivity contribution >= 4 is 10.4 Å². The Morgan fingerprint density at radius 1 is 0.903 bits per heavy atom. The summed E-state index contributed by atoms with van der Waals surface area (Å²) in [7, 11) is -4.96. The van der Waals surface area contributed by atoms with Crippen molar-refractivity contribution in [1.29, 1.82) is 0 Å². The molecular weight excluding hydrogens is 434 g/mol. The molecule has 10 heteroatoms. The molecule has 0 saturated heterocycles. The van der Waals surface area contributed by atoms with Gasteiger partial charge in [-0.05, 0) is 35.6 Å². The first-order valence-corrected chi connectivity index (χ1v) is 10.6. The van der Waals surface area contributed by atoms with Crippen LogP contribution in [0.3, 0.4) is 0 Å². The van der Waals surface area contributed by atoms with Crippen molar-refractivity contribution in [3.63, 3.8) is 0 Å². The summed E-state index contributed by atoms with van der Waals surface area (Å²) in [4.78, 5) is 7.56. The Labute approximate surface area is 177 Å². The summed E-state index contributed by atoms with van der Waals surface area (Å²) in [5, 5.41) is 0. The quantitative estimate of drug-likeness (QED) is 0.376. The predicted octanol–water partition coefficient (Wildman–Crippen LogP) is 4.35. The Morgan fingerprint density at radius 3 is 2.26 bits per heavy atom. The maximum absolute atomic E-state index is 13.7. The molecule has 0 N–H and O–H groups in total. The molecule has 0 atom stereocenters. The number of aromatic nitrogens is 2. The van der Waals surface area contributed by atoms with E-state index in [2.05, 4.69) is 9.97 Å². The predicted molar refractivity (Wildman–Crippen MR) is 107 cm³/mol. The average Bonchev–Trinajstić information content (AvgIpc) is 2.71. The molecule has 164 valence electrons. The largest absolute Gasteiger partial charge is 0.416 e. The van der Waals surface area contributed by atoms with Crippen molar-refractivity contribution < 1.29 is 25.5 Å². The third-order valence-corrected chi connectivity index (χ3v) is 5.57. The lowest BCUT2D eigenvalue weighted by molar-refractivity contribution is -0.138. The van der Waals surface area contributed by atoms with Crippen molar-refractivity contribution in [1.82, 2.24) is 14.3 Å². The van der Waals surface area contributed by atoms with E-state index in [0.29, 0.717) is 21.0 Å². The van der Waals surface area contributed by atoms with Gasteiger partial charge in [-0.2, -0.15) is 25.9 Å². The van der Waals surface area contributed by atoms with Gasteiger partial charge in [0.1, 0.15) is 6.33 Å². The van der Waals surface area contributed by atoms with Gasteiger partial charge in [0.15, 0.2) is 0 Å². The van der Waals surface area contributed by atoms with E-state index in [-0.39, 0.29) is 31.5 Å². The lowest BCUT2D eigenvalue weighted by Crippen LogP contribution is -2.29. The fourth-order valence-electron chi connectivity index (χ4n) is 3.20. The second-order valence-electron chi connectivity index (χ2n) is 6.92. The standard InChI is InChI=1S/C21H19F4N3O2S/c22-21(23,24)20-7-2-1-6-19(20)11-17-5-3-4-16(10-17)8-9-28(31(25,29)30)14-18-12-26-15-27-13-18/h1-7,10,12-13,15H,8-9,11,14H2. The minimum Gasteiger partial charge on any atom is -0.244 e. The molecule has 0 unspecified atom stereocenters. The summed E-state index contributed by atoms with van der Waals surface area (Å²) in [6.45, 7) is -0.366. The van der Waals surface area contributed by atoms with Crippen LogP contribution in [0.25, 0.3) is 0 Å². The highest BCUT2D eigenvalue weighted by molar-refractivity contribution is 7.83. The van der Waals surface area contributed by atoms with Gasteiger partial charge in [-0.1, -0.05) is 46.4 Å². The maximum Gasteiger partial charge on any atom is 0.416 e. The smallest absolute Gasteiger partial charge is 0.244 e. The molecule has 31 heavy (non-hydrogen) atoms. The van der Waals surface area contributed by atoms with Gasteiger partial charge in [-0.15, -0.1) is 0 Å². The molecule has 0 saturated carbocycles. The minimum absolute atomic E-state index is 0.0655. The zero-order valence-corrected chi connectivity index (χ0v) is 17.1. The van der Waals surface area contributed by atoms with Crippen LogP contribution in [0.1, 0.15) is 27.8 Å². The van der Waals surface area contributed by atoms with E-state index in [9.17, 15) is 25.5 Å². The summed E-state index contributed by atoms with van der Waals surface area (Å²) in [6.07, 6.45) is -0.138. The lowest BCUT2D eigenvalue weighted by atomic mass is 9.97. The molecule has 0 bridgehead atoms. The van der Waals surface area contributed by atoms with Gasteiger partial charge in [0.05, 0.1) is 5.56 Å². The van der Waals surface area contributed by atoms with E-state index < -0.39 is 22.1 Å². The van der Waals surface area contributed by atoms with Gasteiger partial charge in [-0.3, -0.25) is 0 Å². The van der Waals surface area contributed by atoms with Crippen LogP contribution in [0.15, 0.2) is 67.3 Å². The highest BCUT2D eigenvalue weighted by atomic mass is 32.3. The monoisotopic (exact) mass is 453 g/mol. The van der Waals surface area contributed by atoms with Gasteiger partial charge >= 0.3 is 16.6 Å². The van der Waals surface area contributed by atoms with Crippen molar-refractivity contribution in [3.05, 3.63) is 95.1 Å². The van der Waals surface area contributed by atoms with Crippen LogP contribution in [0.2, 0.25) is 0 Å². The third kappa shape index (κ3) is 6.56. The fraction of sp³-hybridized carbons (Fsp3) is 0.238. The molecule has 1 heterocycles. The first-order chi connectivity index (χ1) is 14.6. The summed E-state index contributed by atoms with van der Waals surface area (Å²) < 4.78 is 77.1. The number of halogens is 4. The average molecular weight is 453 g/mol. The molecule has 0 amide bonds. The molecular formula is C21H19F4N3O2S. The second kappa shape index (κ2) is 9.52. The molecule has 0 fully saturated rings. The number of nitrogens with zero attached hydrogens (tertiary/aromatic N) is 3. The Morgan fingerprint density at radius 2 is 1.58 bits per heavy atom. The van der Waals surface area contributed by atoms with Gasteiger partial charge in [0, 0.05) is 31.0 Å². The summed E-state index contributed by atoms with van der Waals surface area (Å²) in [5.74, 6) is 0. The number of hydrogen-bond acceptors (Lipinski definition) is 4. The van der Waals surface area contributed by atoms with E-state index in [1.54, 1.807) is 30.3 Å². The van der Waals surface area contributed by atoms with E-state index in [4.69, 9.17) is 0 Å². The molecule has 2 aromatic carbocycles. The zero-order valence-electron chi connectivity index (χ0n) is 16.3. The van der Waals surface area contributed by atoms with Gasteiger partial charge in [0.25, 0.3) is 0 Å².